The number of benzene rings is 1. The fourth-order valence-electron chi connectivity index (χ4n) is 1.51. The van der Waals surface area contributed by atoms with Crippen LogP contribution in [-0.4, -0.2) is 17.7 Å². The summed E-state index contributed by atoms with van der Waals surface area (Å²) in [4.78, 5) is 10.8. The van der Waals surface area contributed by atoms with E-state index in [0.29, 0.717) is 13.0 Å². The molecule has 3 N–H and O–H groups in total. The number of alkyl halides is 3. The monoisotopic (exact) mass is 260 g/mol. The second kappa shape index (κ2) is 4.83. The van der Waals surface area contributed by atoms with Gasteiger partial charge in [0, 0.05) is 6.54 Å². The van der Waals surface area contributed by atoms with Gasteiger partial charge in [-0.2, -0.15) is 13.2 Å². The van der Waals surface area contributed by atoms with Crippen molar-refractivity contribution in [1.29, 1.82) is 0 Å². The highest BCUT2D eigenvalue weighted by molar-refractivity contribution is 5.73. The van der Waals surface area contributed by atoms with Crippen molar-refractivity contribution in [2.24, 2.45) is 0 Å². The van der Waals surface area contributed by atoms with Crippen molar-refractivity contribution >= 4 is 6.03 Å². The summed E-state index contributed by atoms with van der Waals surface area (Å²) in [5.74, 6) is 0. The lowest BCUT2D eigenvalue weighted by Crippen LogP contribution is -2.41. The molecule has 1 aromatic rings. The molecule has 1 aromatic carbocycles. The predicted molar refractivity (Wildman–Crippen MR) is 56.7 cm³/mol. The zero-order valence-corrected chi connectivity index (χ0v) is 9.21. The number of halogens is 3. The maximum atomic E-state index is 12.3. The number of hydrogen-bond donors (Lipinski definition) is 3. The average molecular weight is 260 g/mol. The zero-order chi connectivity index (χ0) is 13.2. The predicted octanol–water partition coefficient (Wildman–Crippen LogP) is 1.20. The summed E-state index contributed by atoms with van der Waals surface area (Å²) in [6, 6.07) is 4.57. The standard InChI is InChI=1S/C10H11F3N4O/c11-10(12,13)8-3-1-7(2-4-8)5-6-17-15-9(18)14-16-17/h1-4,16H,5-6H2,(H2,14,15,18). The first-order chi connectivity index (χ1) is 8.45. The minimum absolute atomic E-state index is 0.373. The van der Waals surface area contributed by atoms with Gasteiger partial charge >= 0.3 is 12.2 Å². The van der Waals surface area contributed by atoms with Crippen LogP contribution in [0.1, 0.15) is 11.1 Å². The molecule has 8 heteroatoms. The van der Waals surface area contributed by atoms with Crippen molar-refractivity contribution in [2.45, 2.75) is 12.6 Å². The lowest BCUT2D eigenvalue weighted by atomic mass is 10.1. The van der Waals surface area contributed by atoms with E-state index in [-0.39, 0.29) is 6.03 Å². The smallest absolute Gasteiger partial charge is 0.257 e. The van der Waals surface area contributed by atoms with Gasteiger partial charge in [-0.3, -0.25) is 10.9 Å². The Morgan fingerprint density at radius 3 is 2.33 bits per heavy atom. The Balaban J connectivity index is 1.89. The van der Waals surface area contributed by atoms with Crippen LogP contribution < -0.4 is 16.4 Å². The molecule has 0 bridgehead atoms. The lowest BCUT2D eigenvalue weighted by Gasteiger charge is -2.13. The topological polar surface area (TPSA) is 56.4 Å². The Labute approximate surface area is 101 Å². The molecule has 1 fully saturated rings. The van der Waals surface area contributed by atoms with E-state index in [1.54, 1.807) is 0 Å². The van der Waals surface area contributed by atoms with Crippen molar-refractivity contribution in [3.05, 3.63) is 35.4 Å². The van der Waals surface area contributed by atoms with E-state index in [0.717, 1.165) is 17.7 Å². The van der Waals surface area contributed by atoms with E-state index in [1.165, 1.54) is 17.3 Å². The third-order valence-corrected chi connectivity index (χ3v) is 2.45. The van der Waals surface area contributed by atoms with E-state index in [2.05, 4.69) is 16.4 Å². The second-order valence-corrected chi connectivity index (χ2v) is 3.77. The van der Waals surface area contributed by atoms with Gasteiger partial charge in [-0.25, -0.2) is 4.79 Å². The molecule has 0 atom stereocenters. The van der Waals surface area contributed by atoms with Gasteiger partial charge in [0.05, 0.1) is 5.56 Å². The van der Waals surface area contributed by atoms with Crippen LogP contribution in [0.15, 0.2) is 24.3 Å². The fraction of sp³-hybridized carbons (Fsp3) is 0.300. The van der Waals surface area contributed by atoms with Crippen molar-refractivity contribution in [3.63, 3.8) is 0 Å². The third-order valence-electron chi connectivity index (χ3n) is 2.45. The SMILES string of the molecule is O=C1NNN(CCc2ccc(C(F)(F)F)cc2)N1. The number of rotatable bonds is 3. The molecule has 0 unspecified atom stereocenters. The number of hydrazine groups is 3. The van der Waals surface area contributed by atoms with Crippen LogP contribution in [0, 0.1) is 0 Å². The largest absolute Gasteiger partial charge is 0.416 e. The maximum Gasteiger partial charge on any atom is 0.416 e. The molecule has 0 aliphatic carbocycles. The van der Waals surface area contributed by atoms with Gasteiger partial charge in [0.2, 0.25) is 0 Å². The Hall–Kier alpha value is -1.80. The van der Waals surface area contributed by atoms with Crippen molar-refractivity contribution in [2.75, 3.05) is 6.54 Å². The quantitative estimate of drug-likeness (QED) is 0.765. The van der Waals surface area contributed by atoms with Crippen molar-refractivity contribution in [3.8, 4) is 0 Å². The minimum Gasteiger partial charge on any atom is -0.257 e. The van der Waals surface area contributed by atoms with Crippen LogP contribution in [0.25, 0.3) is 0 Å². The van der Waals surface area contributed by atoms with E-state index in [9.17, 15) is 18.0 Å². The number of amides is 2. The summed E-state index contributed by atoms with van der Waals surface area (Å²) in [7, 11) is 0. The van der Waals surface area contributed by atoms with E-state index < -0.39 is 11.7 Å². The number of urea groups is 1. The molecule has 18 heavy (non-hydrogen) atoms. The van der Waals surface area contributed by atoms with Gasteiger partial charge in [0.25, 0.3) is 0 Å². The molecular formula is C10H11F3N4O. The molecule has 1 aliphatic rings. The summed E-state index contributed by atoms with van der Waals surface area (Å²) in [6.07, 6.45) is -3.81. The molecule has 0 saturated carbocycles. The first kappa shape index (κ1) is 12.7. The van der Waals surface area contributed by atoms with Crippen LogP contribution in [0.4, 0.5) is 18.0 Å². The molecule has 2 amide bonds. The Bertz CT molecular complexity index is 432. The normalized spacial score (nSPS) is 16.5. The molecule has 1 saturated heterocycles. The van der Waals surface area contributed by atoms with Crippen LogP contribution in [0.5, 0.6) is 0 Å². The molecule has 5 nitrogen and oxygen atoms in total. The highest BCUT2D eigenvalue weighted by Crippen LogP contribution is 2.29. The van der Waals surface area contributed by atoms with E-state index >= 15 is 0 Å². The Kier molecular flexibility index (Phi) is 3.39. The molecule has 98 valence electrons. The highest BCUT2D eigenvalue weighted by atomic mass is 19.4. The summed E-state index contributed by atoms with van der Waals surface area (Å²) in [5, 5.41) is 1.42. The Morgan fingerprint density at radius 2 is 1.83 bits per heavy atom. The van der Waals surface area contributed by atoms with Gasteiger partial charge in [-0.1, -0.05) is 12.1 Å². The van der Waals surface area contributed by atoms with Gasteiger partial charge in [0.15, 0.2) is 0 Å². The van der Waals surface area contributed by atoms with Crippen LogP contribution in [0.2, 0.25) is 0 Å². The Morgan fingerprint density at radius 1 is 1.17 bits per heavy atom. The maximum absolute atomic E-state index is 12.3. The van der Waals surface area contributed by atoms with Crippen LogP contribution in [-0.2, 0) is 12.6 Å². The fourth-order valence-corrected chi connectivity index (χ4v) is 1.51. The third kappa shape index (κ3) is 3.11. The van der Waals surface area contributed by atoms with E-state index in [1.807, 2.05) is 0 Å². The summed E-state index contributed by atoms with van der Waals surface area (Å²) in [5.41, 5.74) is 7.41. The first-order valence-electron chi connectivity index (χ1n) is 5.21. The van der Waals surface area contributed by atoms with Crippen LogP contribution in [0.3, 0.4) is 0 Å². The van der Waals surface area contributed by atoms with Crippen molar-refractivity contribution in [1.82, 2.24) is 21.5 Å². The minimum atomic E-state index is -4.31. The molecule has 0 spiro atoms. The summed E-state index contributed by atoms with van der Waals surface area (Å²) in [6.45, 7) is 0.435. The molecule has 1 aliphatic heterocycles. The number of nitrogens with zero attached hydrogens (tertiary/aromatic N) is 1. The van der Waals surface area contributed by atoms with Gasteiger partial charge in [-0.15, -0.1) is 10.7 Å². The number of nitrogens with one attached hydrogen (secondary N) is 3. The van der Waals surface area contributed by atoms with Gasteiger partial charge in [0.1, 0.15) is 0 Å². The van der Waals surface area contributed by atoms with Gasteiger partial charge in [-0.05, 0) is 24.1 Å². The molecular weight excluding hydrogens is 249 g/mol. The molecule has 1 heterocycles. The zero-order valence-electron chi connectivity index (χ0n) is 9.21. The first-order valence-corrected chi connectivity index (χ1v) is 5.21. The highest BCUT2D eigenvalue weighted by Gasteiger charge is 2.29. The average Bonchev–Trinajstić information content (AvgIpc) is 2.72. The number of carbonyl (C=O) groups excluding carboxylic acids is 1. The number of carbonyl (C=O) groups is 1. The molecule has 0 radical (unpaired) electrons. The van der Waals surface area contributed by atoms with Gasteiger partial charge < -0.3 is 0 Å². The second-order valence-electron chi connectivity index (χ2n) is 3.77. The lowest BCUT2D eigenvalue weighted by molar-refractivity contribution is -0.137. The molecule has 2 rings (SSSR count). The van der Waals surface area contributed by atoms with E-state index in [4.69, 9.17) is 0 Å². The summed E-state index contributed by atoms with van der Waals surface area (Å²) < 4.78 is 37.0. The summed E-state index contributed by atoms with van der Waals surface area (Å²) >= 11 is 0. The number of hydrogen-bond acceptors (Lipinski definition) is 3. The molecule has 0 aromatic heterocycles. The van der Waals surface area contributed by atoms with Crippen LogP contribution >= 0.6 is 0 Å². The van der Waals surface area contributed by atoms with Crippen molar-refractivity contribution < 1.29 is 18.0 Å².